The van der Waals surface area contributed by atoms with Gasteiger partial charge in [-0.15, -0.1) is 11.3 Å². The minimum Gasteiger partial charge on any atom is -0.277 e. The van der Waals surface area contributed by atoms with Crippen molar-refractivity contribution >= 4 is 39.1 Å². The Morgan fingerprint density at radius 2 is 1.88 bits per heavy atom. The van der Waals surface area contributed by atoms with Crippen LogP contribution in [0.2, 0.25) is 0 Å². The molecule has 0 N–H and O–H groups in total. The Morgan fingerprint density at radius 3 is 2.35 bits per heavy atom. The summed E-state index contributed by atoms with van der Waals surface area (Å²) in [5.41, 5.74) is -0.110. The molecule has 1 aromatic heterocycles. The summed E-state index contributed by atoms with van der Waals surface area (Å²) in [6.07, 6.45) is 0. The molecule has 2 unspecified atom stereocenters. The number of fused-ring (bicyclic) bond motifs is 1. The highest BCUT2D eigenvalue weighted by Gasteiger charge is 2.72. The highest BCUT2D eigenvalue weighted by Crippen LogP contribution is 2.63. The van der Waals surface area contributed by atoms with Gasteiger partial charge in [0.2, 0.25) is 11.8 Å². The number of piperidine rings is 1. The van der Waals surface area contributed by atoms with Gasteiger partial charge in [-0.1, -0.05) is 13.8 Å². The predicted molar refractivity (Wildman–Crippen MR) is 68.3 cm³/mol. The molecule has 2 amide bonds. The monoisotopic (exact) mass is 313 g/mol. The van der Waals surface area contributed by atoms with Gasteiger partial charge in [0.1, 0.15) is 0 Å². The molecule has 1 aliphatic carbocycles. The Balaban J connectivity index is 1.79. The van der Waals surface area contributed by atoms with Crippen LogP contribution in [0.1, 0.15) is 18.7 Å². The number of nitrogens with zero attached hydrogens (tertiary/aromatic N) is 1. The minimum atomic E-state index is -0.110. The van der Waals surface area contributed by atoms with Gasteiger partial charge in [0.25, 0.3) is 0 Å². The summed E-state index contributed by atoms with van der Waals surface area (Å²) in [7, 11) is 0. The number of hydrogen-bond acceptors (Lipinski definition) is 3. The lowest BCUT2D eigenvalue weighted by molar-refractivity contribution is -0.143. The van der Waals surface area contributed by atoms with Gasteiger partial charge in [0.15, 0.2) is 0 Å². The first kappa shape index (κ1) is 11.4. The molecule has 2 aliphatic rings. The van der Waals surface area contributed by atoms with Gasteiger partial charge in [-0.2, -0.15) is 0 Å². The number of imide groups is 1. The number of halogens is 1. The van der Waals surface area contributed by atoms with Gasteiger partial charge in [-0.05, 0) is 33.5 Å². The topological polar surface area (TPSA) is 37.4 Å². The maximum Gasteiger partial charge on any atom is 0.234 e. The zero-order chi connectivity index (χ0) is 12.4. The molecule has 0 bridgehead atoms. The lowest BCUT2D eigenvalue weighted by atomic mass is 10.1. The van der Waals surface area contributed by atoms with Crippen molar-refractivity contribution < 1.29 is 9.59 Å². The molecule has 90 valence electrons. The van der Waals surface area contributed by atoms with E-state index in [0.717, 1.165) is 8.66 Å². The van der Waals surface area contributed by atoms with Crippen LogP contribution < -0.4 is 0 Å². The highest BCUT2D eigenvalue weighted by molar-refractivity contribution is 9.11. The standard InChI is InChI=1S/C12H12BrNO2S/c1-12(2)8-9(12)11(16)14(10(8)15)5-6-3-4-7(13)17-6/h3-4,8-9H,5H2,1-2H3. The van der Waals surface area contributed by atoms with Gasteiger partial charge in [0.05, 0.1) is 22.2 Å². The smallest absolute Gasteiger partial charge is 0.234 e. The number of hydrogen-bond donors (Lipinski definition) is 0. The van der Waals surface area contributed by atoms with Gasteiger partial charge in [-0.25, -0.2) is 0 Å². The molecule has 1 aliphatic heterocycles. The van der Waals surface area contributed by atoms with E-state index in [4.69, 9.17) is 0 Å². The van der Waals surface area contributed by atoms with Crippen molar-refractivity contribution in [2.45, 2.75) is 20.4 Å². The number of carbonyl (C=O) groups excluding carboxylic acids is 2. The van der Waals surface area contributed by atoms with Gasteiger partial charge in [-0.3, -0.25) is 14.5 Å². The van der Waals surface area contributed by atoms with Crippen LogP contribution in [0.3, 0.4) is 0 Å². The molecule has 0 aromatic carbocycles. The molecule has 17 heavy (non-hydrogen) atoms. The Bertz CT molecular complexity index is 498. The van der Waals surface area contributed by atoms with E-state index in [9.17, 15) is 9.59 Å². The summed E-state index contributed by atoms with van der Waals surface area (Å²) in [6.45, 7) is 4.42. The molecule has 1 saturated carbocycles. The second kappa shape index (κ2) is 3.42. The molecular weight excluding hydrogens is 302 g/mol. The van der Waals surface area contributed by atoms with E-state index in [1.165, 1.54) is 4.90 Å². The third-order valence-corrected chi connectivity index (χ3v) is 5.44. The van der Waals surface area contributed by atoms with Crippen LogP contribution in [0.5, 0.6) is 0 Å². The Labute approximate surface area is 112 Å². The maximum atomic E-state index is 12.1. The number of rotatable bonds is 2. The lowest BCUT2D eigenvalue weighted by Gasteiger charge is -2.19. The van der Waals surface area contributed by atoms with Crippen molar-refractivity contribution in [3.8, 4) is 0 Å². The summed E-state index contributed by atoms with van der Waals surface area (Å²) in [5, 5.41) is 0. The predicted octanol–water partition coefficient (Wildman–Crippen LogP) is 2.65. The van der Waals surface area contributed by atoms with Crippen molar-refractivity contribution in [2.24, 2.45) is 17.3 Å². The third kappa shape index (κ3) is 1.52. The van der Waals surface area contributed by atoms with Crippen molar-refractivity contribution in [3.05, 3.63) is 20.8 Å². The normalized spacial score (nSPS) is 29.7. The first-order chi connectivity index (χ1) is 7.93. The zero-order valence-electron chi connectivity index (χ0n) is 9.57. The summed E-state index contributed by atoms with van der Waals surface area (Å²) in [5.74, 6) is -0.124. The van der Waals surface area contributed by atoms with Crippen LogP contribution in [0.25, 0.3) is 0 Å². The van der Waals surface area contributed by atoms with Crippen LogP contribution in [-0.4, -0.2) is 16.7 Å². The quantitative estimate of drug-likeness (QED) is 0.787. The van der Waals surface area contributed by atoms with Crippen molar-refractivity contribution in [1.82, 2.24) is 4.90 Å². The molecule has 1 aromatic rings. The molecular formula is C12H12BrNO2S. The SMILES string of the molecule is CC1(C)C2C(=O)N(Cc3ccc(Br)s3)C(=O)C21. The van der Waals surface area contributed by atoms with Crippen LogP contribution in [0.4, 0.5) is 0 Å². The summed E-state index contributed by atoms with van der Waals surface area (Å²) >= 11 is 4.95. The van der Waals surface area contributed by atoms with E-state index in [0.29, 0.717) is 6.54 Å². The van der Waals surface area contributed by atoms with E-state index in [2.05, 4.69) is 15.9 Å². The van der Waals surface area contributed by atoms with Crippen molar-refractivity contribution in [2.75, 3.05) is 0 Å². The fraction of sp³-hybridized carbons (Fsp3) is 0.500. The van der Waals surface area contributed by atoms with E-state index in [1.54, 1.807) is 11.3 Å². The van der Waals surface area contributed by atoms with Crippen LogP contribution >= 0.6 is 27.3 Å². The molecule has 2 heterocycles. The van der Waals surface area contributed by atoms with Gasteiger partial charge in [0, 0.05) is 4.88 Å². The molecule has 2 fully saturated rings. The molecule has 3 rings (SSSR count). The first-order valence-corrected chi connectivity index (χ1v) is 7.13. The number of amides is 2. The highest BCUT2D eigenvalue weighted by atomic mass is 79.9. The second-order valence-corrected chi connectivity index (χ2v) is 7.79. The van der Waals surface area contributed by atoms with E-state index in [1.807, 2.05) is 26.0 Å². The average molecular weight is 314 g/mol. The molecule has 0 radical (unpaired) electrons. The Morgan fingerprint density at radius 1 is 1.29 bits per heavy atom. The van der Waals surface area contributed by atoms with Gasteiger partial charge < -0.3 is 0 Å². The number of carbonyl (C=O) groups is 2. The molecule has 5 heteroatoms. The van der Waals surface area contributed by atoms with E-state index < -0.39 is 0 Å². The van der Waals surface area contributed by atoms with Crippen molar-refractivity contribution in [1.29, 1.82) is 0 Å². The zero-order valence-corrected chi connectivity index (χ0v) is 12.0. The van der Waals surface area contributed by atoms with Crippen LogP contribution in [-0.2, 0) is 16.1 Å². The molecule has 0 spiro atoms. The van der Waals surface area contributed by atoms with Crippen LogP contribution in [0, 0.1) is 17.3 Å². The summed E-state index contributed by atoms with van der Waals surface area (Å²) < 4.78 is 1.03. The summed E-state index contributed by atoms with van der Waals surface area (Å²) in [4.78, 5) is 26.6. The molecule has 3 nitrogen and oxygen atoms in total. The fourth-order valence-corrected chi connectivity index (χ4v) is 4.22. The van der Waals surface area contributed by atoms with Crippen LogP contribution in [0.15, 0.2) is 15.9 Å². The minimum absolute atomic E-state index is 0.00882. The van der Waals surface area contributed by atoms with E-state index >= 15 is 0 Å². The Hall–Kier alpha value is -0.680. The second-order valence-electron chi connectivity index (χ2n) is 5.25. The van der Waals surface area contributed by atoms with Crippen molar-refractivity contribution in [3.63, 3.8) is 0 Å². The lowest BCUT2D eigenvalue weighted by Crippen LogP contribution is -2.35. The maximum absolute atomic E-state index is 12.1. The summed E-state index contributed by atoms with van der Waals surface area (Å²) in [6, 6.07) is 3.89. The van der Waals surface area contributed by atoms with Gasteiger partial charge >= 0.3 is 0 Å². The molecule has 1 saturated heterocycles. The Kier molecular flexibility index (Phi) is 2.29. The van der Waals surface area contributed by atoms with E-state index in [-0.39, 0.29) is 29.1 Å². The first-order valence-electron chi connectivity index (χ1n) is 5.52. The number of thiophene rings is 1. The third-order valence-electron chi connectivity index (χ3n) is 3.83. The number of likely N-dealkylation sites (tertiary alicyclic amines) is 1. The average Bonchev–Trinajstić information content (AvgIpc) is 2.55. The fourth-order valence-electron chi connectivity index (χ4n) is 2.75. The molecule has 2 atom stereocenters. The largest absolute Gasteiger partial charge is 0.277 e.